The fourth-order valence-corrected chi connectivity index (χ4v) is 6.49. The number of hydrogen-bond acceptors (Lipinski definition) is 9. The number of hydrogen-bond donors (Lipinski definition) is 2. The van der Waals surface area contributed by atoms with Gasteiger partial charge in [0.25, 0.3) is 0 Å². The zero-order valence-corrected chi connectivity index (χ0v) is 23.7. The van der Waals surface area contributed by atoms with E-state index in [0.29, 0.717) is 49.6 Å². The third kappa shape index (κ3) is 5.79. The number of sulfone groups is 1. The van der Waals surface area contributed by atoms with Crippen LogP contribution in [0.2, 0.25) is 0 Å². The minimum atomic E-state index is -2.99. The highest BCUT2D eigenvalue weighted by atomic mass is 32.2. The minimum Gasteiger partial charge on any atom is -0.387 e. The zero-order valence-electron chi connectivity index (χ0n) is 22.9. The Labute approximate surface area is 229 Å². The molecule has 5 rings (SSSR count). The van der Waals surface area contributed by atoms with Gasteiger partial charge in [0, 0.05) is 54.8 Å². The van der Waals surface area contributed by atoms with Crippen LogP contribution in [-0.2, 0) is 9.84 Å². The maximum atomic E-state index is 14.4. The number of fused-ring (bicyclic) bond motifs is 1. The van der Waals surface area contributed by atoms with Gasteiger partial charge in [-0.05, 0) is 48.4 Å². The van der Waals surface area contributed by atoms with Gasteiger partial charge in [-0.15, -0.1) is 0 Å². The Morgan fingerprint density at radius 1 is 1.13 bits per heavy atom. The molecule has 0 bridgehead atoms. The Balaban J connectivity index is 1.37. The Kier molecular flexibility index (Phi) is 7.41. The topological polar surface area (TPSA) is 112 Å². The van der Waals surface area contributed by atoms with Gasteiger partial charge in [-0.3, -0.25) is 0 Å². The molecule has 9 nitrogen and oxygen atoms in total. The molecule has 0 radical (unpaired) electrons. The second kappa shape index (κ2) is 10.5. The summed E-state index contributed by atoms with van der Waals surface area (Å²) in [6.45, 7) is 9.45. The van der Waals surface area contributed by atoms with Crippen LogP contribution in [0.4, 0.5) is 27.7 Å². The lowest BCUT2D eigenvalue weighted by Gasteiger charge is -2.41. The maximum absolute atomic E-state index is 14.4. The van der Waals surface area contributed by atoms with E-state index >= 15 is 0 Å². The van der Waals surface area contributed by atoms with E-state index in [9.17, 15) is 17.9 Å². The fraction of sp³-hybridized carbons (Fsp3) is 0.536. The number of nitrogens with one attached hydrogen (secondary N) is 1. The summed E-state index contributed by atoms with van der Waals surface area (Å²) < 4.78 is 38.5. The van der Waals surface area contributed by atoms with E-state index in [1.165, 1.54) is 12.5 Å². The molecule has 0 amide bonds. The quantitative estimate of drug-likeness (QED) is 0.424. The van der Waals surface area contributed by atoms with E-state index in [0.717, 1.165) is 16.5 Å². The highest BCUT2D eigenvalue weighted by Gasteiger charge is 2.38. The Bertz CT molecular complexity index is 1460. The molecule has 0 aliphatic carbocycles. The van der Waals surface area contributed by atoms with Crippen molar-refractivity contribution in [1.29, 1.82) is 0 Å². The van der Waals surface area contributed by atoms with Crippen molar-refractivity contribution in [2.24, 2.45) is 5.92 Å². The predicted molar refractivity (Wildman–Crippen MR) is 154 cm³/mol. The highest BCUT2D eigenvalue weighted by molar-refractivity contribution is 7.91. The number of halogens is 1. The van der Waals surface area contributed by atoms with Crippen molar-refractivity contribution in [3.63, 3.8) is 0 Å². The molecule has 4 heterocycles. The van der Waals surface area contributed by atoms with Gasteiger partial charge in [0.1, 0.15) is 27.6 Å². The molecule has 1 aromatic carbocycles. The number of nitrogens with zero attached hydrogens (tertiary/aromatic N) is 5. The molecule has 39 heavy (non-hydrogen) atoms. The molecule has 2 atom stereocenters. The van der Waals surface area contributed by atoms with Crippen molar-refractivity contribution >= 4 is 43.9 Å². The second-order valence-electron chi connectivity index (χ2n) is 11.3. The van der Waals surface area contributed by atoms with Crippen LogP contribution in [0.15, 0.2) is 36.7 Å². The number of benzene rings is 1. The first-order valence-electron chi connectivity index (χ1n) is 13.5. The largest absolute Gasteiger partial charge is 0.387 e. The Hall–Kier alpha value is -3.05. The summed E-state index contributed by atoms with van der Waals surface area (Å²) in [5.41, 5.74) is 0.922. The van der Waals surface area contributed by atoms with Crippen molar-refractivity contribution in [1.82, 2.24) is 15.0 Å². The second-order valence-corrected chi connectivity index (χ2v) is 13.7. The number of rotatable bonds is 8. The molecular formula is C28H37FN6O3S. The summed E-state index contributed by atoms with van der Waals surface area (Å²) in [4.78, 5) is 17.5. The SMILES string of the molecule is CCS(=O)(=O)CC1CN(c2ccc(C(C)C)c3cc(Nc4ccnc(N5CC[C@](C)(O)[C@H](F)C5)n4)ncc23)C1. The first kappa shape index (κ1) is 27.5. The lowest BCUT2D eigenvalue weighted by Crippen LogP contribution is -2.52. The number of piperidine rings is 1. The molecule has 2 aromatic heterocycles. The third-order valence-corrected chi connectivity index (χ3v) is 9.75. The number of pyridine rings is 1. The van der Waals surface area contributed by atoms with Crippen LogP contribution in [-0.4, -0.2) is 77.9 Å². The van der Waals surface area contributed by atoms with Crippen molar-refractivity contribution in [2.75, 3.05) is 52.8 Å². The molecule has 2 saturated heterocycles. The molecule has 2 aliphatic heterocycles. The standard InChI is InChI=1S/C28H37FN6O3S/c1-5-39(37,38)17-19-14-35(15-19)23-7-6-20(18(2)3)21-12-26(31-13-22(21)23)32-25-8-10-30-27(33-25)34-11-9-28(4,36)24(29)16-34/h6-8,10,12-13,18-19,24,36H,5,9,11,14-17H2,1-4H3,(H,30,31,32,33)/t24-,28+/m1/s1. The maximum Gasteiger partial charge on any atom is 0.227 e. The summed E-state index contributed by atoms with van der Waals surface area (Å²) >= 11 is 0. The van der Waals surface area contributed by atoms with E-state index in [1.807, 2.05) is 12.3 Å². The van der Waals surface area contributed by atoms with Gasteiger partial charge in [0.2, 0.25) is 5.95 Å². The summed E-state index contributed by atoms with van der Waals surface area (Å²) in [6, 6.07) is 8.02. The van der Waals surface area contributed by atoms with Gasteiger partial charge in [-0.1, -0.05) is 26.8 Å². The van der Waals surface area contributed by atoms with E-state index in [1.54, 1.807) is 24.1 Å². The van der Waals surface area contributed by atoms with Crippen LogP contribution in [0.1, 0.15) is 45.6 Å². The fourth-order valence-electron chi connectivity index (χ4n) is 5.33. The molecule has 2 N–H and O–H groups in total. The molecule has 3 aromatic rings. The van der Waals surface area contributed by atoms with Crippen LogP contribution in [0.5, 0.6) is 0 Å². The number of aromatic nitrogens is 3. The smallest absolute Gasteiger partial charge is 0.227 e. The third-order valence-electron chi connectivity index (χ3n) is 7.89. The average molecular weight is 557 g/mol. The molecule has 2 fully saturated rings. The van der Waals surface area contributed by atoms with Crippen molar-refractivity contribution < 1.29 is 17.9 Å². The van der Waals surface area contributed by atoms with E-state index in [4.69, 9.17) is 0 Å². The normalized spacial score (nSPS) is 22.4. The van der Waals surface area contributed by atoms with Crippen LogP contribution < -0.4 is 15.1 Å². The molecule has 11 heteroatoms. The summed E-state index contributed by atoms with van der Waals surface area (Å²) in [5.74, 6) is 2.44. The molecular weight excluding hydrogens is 519 g/mol. The molecule has 0 saturated carbocycles. The Morgan fingerprint density at radius 3 is 2.59 bits per heavy atom. The van der Waals surface area contributed by atoms with Gasteiger partial charge in [-0.25, -0.2) is 22.8 Å². The molecule has 0 unspecified atom stereocenters. The van der Waals surface area contributed by atoms with Gasteiger partial charge >= 0.3 is 0 Å². The highest BCUT2D eigenvalue weighted by Crippen LogP contribution is 2.37. The predicted octanol–water partition coefficient (Wildman–Crippen LogP) is 4.06. The zero-order chi connectivity index (χ0) is 27.9. The van der Waals surface area contributed by atoms with Crippen LogP contribution in [0.3, 0.4) is 0 Å². The van der Waals surface area contributed by atoms with E-state index < -0.39 is 21.6 Å². The van der Waals surface area contributed by atoms with E-state index in [-0.39, 0.29) is 24.0 Å². The van der Waals surface area contributed by atoms with Gasteiger partial charge < -0.3 is 20.2 Å². The Morgan fingerprint density at radius 2 is 1.90 bits per heavy atom. The summed E-state index contributed by atoms with van der Waals surface area (Å²) in [6.07, 6.45) is 2.41. The summed E-state index contributed by atoms with van der Waals surface area (Å²) in [7, 11) is -2.99. The molecule has 0 spiro atoms. The monoisotopic (exact) mass is 556 g/mol. The van der Waals surface area contributed by atoms with Gasteiger partial charge in [0.05, 0.1) is 17.9 Å². The lowest BCUT2D eigenvalue weighted by atomic mass is 9.92. The number of alkyl halides is 1. The number of anilines is 4. The molecule has 2 aliphatic rings. The van der Waals surface area contributed by atoms with Crippen molar-refractivity contribution in [2.45, 2.75) is 51.8 Å². The molecule has 210 valence electrons. The minimum absolute atomic E-state index is 0.0347. The van der Waals surface area contributed by atoms with Crippen molar-refractivity contribution in [3.8, 4) is 0 Å². The first-order valence-corrected chi connectivity index (χ1v) is 15.4. The van der Waals surface area contributed by atoms with Gasteiger partial charge in [-0.2, -0.15) is 4.98 Å². The van der Waals surface area contributed by atoms with E-state index in [2.05, 4.69) is 51.1 Å². The van der Waals surface area contributed by atoms with Crippen LogP contribution in [0, 0.1) is 5.92 Å². The first-order chi connectivity index (χ1) is 18.5. The van der Waals surface area contributed by atoms with Crippen LogP contribution in [0.25, 0.3) is 10.8 Å². The van der Waals surface area contributed by atoms with Gasteiger partial charge in [0.15, 0.2) is 0 Å². The van der Waals surface area contributed by atoms with Crippen molar-refractivity contribution in [3.05, 3.63) is 42.2 Å². The lowest BCUT2D eigenvalue weighted by molar-refractivity contribution is -0.0332. The van der Waals surface area contributed by atoms with Crippen LogP contribution >= 0.6 is 0 Å². The summed E-state index contributed by atoms with van der Waals surface area (Å²) in [5, 5.41) is 15.5. The number of aliphatic hydroxyl groups is 1. The average Bonchev–Trinajstić information content (AvgIpc) is 2.87.